The van der Waals surface area contributed by atoms with E-state index in [1.807, 2.05) is 42.6 Å². The molecule has 0 fully saturated rings. The summed E-state index contributed by atoms with van der Waals surface area (Å²) >= 11 is 3.14. The molecule has 3 aromatic rings. The number of hydrogen-bond acceptors (Lipinski definition) is 2. The number of benzene rings is 2. The van der Waals surface area contributed by atoms with Gasteiger partial charge in [-0.05, 0) is 33.6 Å². The number of hydrogen-bond donors (Lipinski definition) is 0. The molecule has 0 N–H and O–H groups in total. The Kier molecular flexibility index (Phi) is 3.60. The molecule has 100 valence electrons. The molecule has 0 amide bonds. The standard InChI is InChI=1S/C15H11BrFN3/c16-13-7-6-12(8-14(13)17)15-10-20(19-18-15)9-11-4-2-1-3-5-11/h1-8,10H,9H2. The van der Waals surface area contributed by atoms with Crippen molar-refractivity contribution in [3.63, 3.8) is 0 Å². The van der Waals surface area contributed by atoms with E-state index in [-0.39, 0.29) is 5.82 Å². The first-order valence-electron chi connectivity index (χ1n) is 6.12. The number of nitrogens with zero attached hydrogens (tertiary/aromatic N) is 3. The molecule has 2 aromatic carbocycles. The summed E-state index contributed by atoms with van der Waals surface area (Å²) in [6.45, 7) is 0.646. The van der Waals surface area contributed by atoms with Gasteiger partial charge in [-0.25, -0.2) is 9.07 Å². The third-order valence-corrected chi connectivity index (χ3v) is 3.58. The average Bonchev–Trinajstić information content (AvgIpc) is 2.91. The molecule has 0 saturated heterocycles. The van der Waals surface area contributed by atoms with Crippen molar-refractivity contribution in [3.05, 3.63) is 70.6 Å². The van der Waals surface area contributed by atoms with Crippen molar-refractivity contribution in [1.82, 2.24) is 15.0 Å². The van der Waals surface area contributed by atoms with E-state index in [0.717, 1.165) is 5.56 Å². The van der Waals surface area contributed by atoms with Gasteiger partial charge in [0.05, 0.1) is 17.2 Å². The van der Waals surface area contributed by atoms with E-state index in [1.54, 1.807) is 10.7 Å². The van der Waals surface area contributed by atoms with Gasteiger partial charge in [-0.15, -0.1) is 5.10 Å². The van der Waals surface area contributed by atoms with E-state index in [2.05, 4.69) is 26.2 Å². The van der Waals surface area contributed by atoms with Gasteiger partial charge in [0.15, 0.2) is 0 Å². The minimum absolute atomic E-state index is 0.305. The molecule has 1 heterocycles. The predicted molar refractivity (Wildman–Crippen MR) is 78.7 cm³/mol. The second-order valence-corrected chi connectivity index (χ2v) is 5.27. The van der Waals surface area contributed by atoms with Crippen LogP contribution in [0.1, 0.15) is 5.56 Å². The predicted octanol–water partition coefficient (Wildman–Crippen LogP) is 3.90. The van der Waals surface area contributed by atoms with Crippen LogP contribution in [0.5, 0.6) is 0 Å². The summed E-state index contributed by atoms with van der Waals surface area (Å²) in [4.78, 5) is 0. The fourth-order valence-corrected chi connectivity index (χ4v) is 2.18. The minimum atomic E-state index is -0.305. The summed E-state index contributed by atoms with van der Waals surface area (Å²) in [5, 5.41) is 8.16. The van der Waals surface area contributed by atoms with Crippen LogP contribution in [0.2, 0.25) is 0 Å². The van der Waals surface area contributed by atoms with Crippen molar-refractivity contribution in [2.45, 2.75) is 6.54 Å². The maximum Gasteiger partial charge on any atom is 0.138 e. The van der Waals surface area contributed by atoms with E-state index in [9.17, 15) is 4.39 Å². The maximum atomic E-state index is 13.5. The third-order valence-electron chi connectivity index (χ3n) is 2.94. The lowest BCUT2D eigenvalue weighted by Gasteiger charge is -2.00. The second kappa shape index (κ2) is 5.54. The Morgan fingerprint density at radius 1 is 1.10 bits per heavy atom. The van der Waals surface area contributed by atoms with Gasteiger partial charge < -0.3 is 0 Å². The SMILES string of the molecule is Fc1cc(-c2cn(Cc3ccccc3)nn2)ccc1Br. The van der Waals surface area contributed by atoms with E-state index in [1.165, 1.54) is 6.07 Å². The lowest BCUT2D eigenvalue weighted by atomic mass is 10.2. The summed E-state index contributed by atoms with van der Waals surface area (Å²) < 4.78 is 15.7. The van der Waals surface area contributed by atoms with Crippen LogP contribution in [0.3, 0.4) is 0 Å². The molecule has 3 nitrogen and oxygen atoms in total. The summed E-state index contributed by atoms with van der Waals surface area (Å²) in [6, 6.07) is 14.9. The summed E-state index contributed by atoms with van der Waals surface area (Å²) in [6.07, 6.45) is 1.82. The molecule has 0 bridgehead atoms. The maximum absolute atomic E-state index is 13.5. The molecule has 0 radical (unpaired) electrons. The molecular formula is C15H11BrFN3. The molecule has 0 saturated carbocycles. The van der Waals surface area contributed by atoms with Crippen molar-refractivity contribution in [1.29, 1.82) is 0 Å². The van der Waals surface area contributed by atoms with Crippen LogP contribution in [-0.4, -0.2) is 15.0 Å². The molecule has 0 aliphatic rings. The van der Waals surface area contributed by atoms with E-state index in [4.69, 9.17) is 0 Å². The van der Waals surface area contributed by atoms with Gasteiger partial charge in [-0.3, -0.25) is 0 Å². The molecule has 5 heteroatoms. The van der Waals surface area contributed by atoms with Crippen molar-refractivity contribution < 1.29 is 4.39 Å². The zero-order valence-corrected chi connectivity index (χ0v) is 12.1. The van der Waals surface area contributed by atoms with Crippen LogP contribution >= 0.6 is 15.9 Å². The first-order chi connectivity index (χ1) is 9.72. The molecule has 3 rings (SSSR count). The van der Waals surface area contributed by atoms with Crippen molar-refractivity contribution in [3.8, 4) is 11.3 Å². The molecular weight excluding hydrogens is 321 g/mol. The fourth-order valence-electron chi connectivity index (χ4n) is 1.93. The number of halogens is 2. The topological polar surface area (TPSA) is 30.7 Å². The zero-order chi connectivity index (χ0) is 13.9. The quantitative estimate of drug-likeness (QED) is 0.728. The van der Waals surface area contributed by atoms with Crippen molar-refractivity contribution >= 4 is 15.9 Å². The van der Waals surface area contributed by atoms with Crippen LogP contribution in [0.15, 0.2) is 59.2 Å². The average molecular weight is 332 g/mol. The van der Waals surface area contributed by atoms with E-state index < -0.39 is 0 Å². The summed E-state index contributed by atoms with van der Waals surface area (Å²) in [5.74, 6) is -0.305. The molecule has 0 aliphatic carbocycles. The second-order valence-electron chi connectivity index (χ2n) is 4.42. The molecule has 0 atom stereocenters. The number of aromatic nitrogens is 3. The Bertz CT molecular complexity index is 725. The van der Waals surface area contributed by atoms with Gasteiger partial charge in [0.25, 0.3) is 0 Å². The highest BCUT2D eigenvalue weighted by atomic mass is 79.9. The Morgan fingerprint density at radius 2 is 1.90 bits per heavy atom. The monoisotopic (exact) mass is 331 g/mol. The molecule has 20 heavy (non-hydrogen) atoms. The molecule has 0 unspecified atom stereocenters. The van der Waals surface area contributed by atoms with Crippen molar-refractivity contribution in [2.75, 3.05) is 0 Å². The lowest BCUT2D eigenvalue weighted by Crippen LogP contribution is -1.99. The Morgan fingerprint density at radius 3 is 2.65 bits per heavy atom. The van der Waals surface area contributed by atoms with Gasteiger partial charge in [0.2, 0.25) is 0 Å². The Balaban J connectivity index is 1.84. The van der Waals surface area contributed by atoms with E-state index >= 15 is 0 Å². The summed E-state index contributed by atoms with van der Waals surface area (Å²) in [7, 11) is 0. The van der Waals surface area contributed by atoms with Crippen LogP contribution in [-0.2, 0) is 6.54 Å². The van der Waals surface area contributed by atoms with Crippen LogP contribution in [0, 0.1) is 5.82 Å². The van der Waals surface area contributed by atoms with Gasteiger partial charge in [-0.1, -0.05) is 41.6 Å². The first kappa shape index (κ1) is 13.0. The molecule has 0 spiro atoms. The molecule has 0 aliphatic heterocycles. The van der Waals surface area contributed by atoms with Gasteiger partial charge in [0.1, 0.15) is 11.5 Å². The number of rotatable bonds is 3. The van der Waals surface area contributed by atoms with Gasteiger partial charge in [-0.2, -0.15) is 0 Å². The fraction of sp³-hybridized carbons (Fsp3) is 0.0667. The third kappa shape index (κ3) is 2.77. The normalized spacial score (nSPS) is 10.7. The highest BCUT2D eigenvalue weighted by Crippen LogP contribution is 2.22. The Labute approximate surface area is 124 Å². The minimum Gasteiger partial charge on any atom is -0.247 e. The van der Waals surface area contributed by atoms with E-state index in [0.29, 0.717) is 22.3 Å². The van der Waals surface area contributed by atoms with Crippen LogP contribution in [0.25, 0.3) is 11.3 Å². The van der Waals surface area contributed by atoms with Crippen molar-refractivity contribution in [2.24, 2.45) is 0 Å². The first-order valence-corrected chi connectivity index (χ1v) is 6.91. The van der Waals surface area contributed by atoms with Crippen LogP contribution in [0.4, 0.5) is 4.39 Å². The highest BCUT2D eigenvalue weighted by molar-refractivity contribution is 9.10. The largest absolute Gasteiger partial charge is 0.247 e. The van der Waals surface area contributed by atoms with Crippen LogP contribution < -0.4 is 0 Å². The molecule has 1 aromatic heterocycles. The zero-order valence-electron chi connectivity index (χ0n) is 10.5. The van der Waals surface area contributed by atoms with Gasteiger partial charge >= 0.3 is 0 Å². The lowest BCUT2D eigenvalue weighted by molar-refractivity contribution is 0.621. The Hall–Kier alpha value is -2.01. The smallest absolute Gasteiger partial charge is 0.138 e. The highest BCUT2D eigenvalue weighted by Gasteiger charge is 2.07. The summed E-state index contributed by atoms with van der Waals surface area (Å²) in [5.41, 5.74) is 2.52. The van der Waals surface area contributed by atoms with Gasteiger partial charge in [0, 0.05) is 5.56 Å².